The molecule has 0 aliphatic heterocycles. The second-order valence-corrected chi connectivity index (χ2v) is 4.78. The summed E-state index contributed by atoms with van der Waals surface area (Å²) in [6.07, 6.45) is 0. The summed E-state index contributed by atoms with van der Waals surface area (Å²) in [6.45, 7) is 1.92. The lowest BCUT2D eigenvalue weighted by Gasteiger charge is -2.06. The van der Waals surface area contributed by atoms with Gasteiger partial charge in [0.2, 0.25) is 0 Å². The Bertz CT molecular complexity index is 581. The molecule has 0 atom stereocenters. The number of rotatable bonds is 2. The molecule has 18 heavy (non-hydrogen) atoms. The Morgan fingerprint density at radius 3 is 2.44 bits per heavy atom. The molecule has 2 aromatic carbocycles. The zero-order chi connectivity index (χ0) is 13.1. The van der Waals surface area contributed by atoms with Gasteiger partial charge in [0.05, 0.1) is 0 Å². The van der Waals surface area contributed by atoms with Gasteiger partial charge in [0.15, 0.2) is 0 Å². The third kappa shape index (κ3) is 2.96. The Kier molecular flexibility index (Phi) is 3.77. The van der Waals surface area contributed by atoms with Crippen LogP contribution in [-0.2, 0) is 0 Å². The fraction of sp³-hybridized carbons (Fsp3) is 0.0714. The minimum atomic E-state index is -0.326. The number of halogens is 2. The lowest BCUT2D eigenvalue weighted by atomic mass is 10.1. The van der Waals surface area contributed by atoms with Crippen LogP contribution in [0.4, 0.5) is 10.1 Å². The zero-order valence-electron chi connectivity index (χ0n) is 9.71. The van der Waals surface area contributed by atoms with Crippen LogP contribution in [0.2, 0.25) is 0 Å². The average Bonchev–Trinajstić information content (AvgIpc) is 2.35. The number of nitrogens with one attached hydrogen (secondary N) is 1. The lowest BCUT2D eigenvalue weighted by Crippen LogP contribution is -2.11. The number of hydrogen-bond donors (Lipinski definition) is 1. The number of aryl methyl sites for hydroxylation is 1. The van der Waals surface area contributed by atoms with Crippen LogP contribution < -0.4 is 5.32 Å². The second-order valence-electron chi connectivity index (χ2n) is 3.92. The third-order valence-corrected chi connectivity index (χ3v) is 3.41. The number of carbonyl (C=O) groups excluding carboxylic acids is 1. The standard InChI is InChI=1S/C14H11BrFNO/c1-9-8-10(2-7-13(9)15)14(18)17-12-5-3-11(16)4-6-12/h2-8H,1H3,(H,17,18). The molecule has 0 saturated heterocycles. The maximum atomic E-state index is 12.7. The second kappa shape index (κ2) is 5.31. The smallest absolute Gasteiger partial charge is 0.255 e. The van der Waals surface area contributed by atoms with Crippen molar-refractivity contribution in [2.75, 3.05) is 5.32 Å². The number of benzene rings is 2. The van der Waals surface area contributed by atoms with Crippen molar-refractivity contribution in [3.8, 4) is 0 Å². The fourth-order valence-electron chi connectivity index (χ4n) is 1.52. The van der Waals surface area contributed by atoms with Gasteiger partial charge in [0.25, 0.3) is 5.91 Å². The van der Waals surface area contributed by atoms with Crippen molar-refractivity contribution in [3.05, 3.63) is 63.9 Å². The summed E-state index contributed by atoms with van der Waals surface area (Å²) in [5, 5.41) is 2.71. The van der Waals surface area contributed by atoms with Crippen molar-refractivity contribution >= 4 is 27.5 Å². The van der Waals surface area contributed by atoms with Crippen molar-refractivity contribution in [2.45, 2.75) is 6.92 Å². The third-order valence-electron chi connectivity index (χ3n) is 2.52. The molecule has 1 N–H and O–H groups in total. The molecule has 1 amide bonds. The molecule has 92 valence electrons. The van der Waals surface area contributed by atoms with Gasteiger partial charge in [-0.2, -0.15) is 0 Å². The van der Waals surface area contributed by atoms with Crippen molar-refractivity contribution < 1.29 is 9.18 Å². The highest BCUT2D eigenvalue weighted by atomic mass is 79.9. The monoisotopic (exact) mass is 307 g/mol. The molecular formula is C14H11BrFNO. The van der Waals surface area contributed by atoms with Crippen molar-refractivity contribution in [1.29, 1.82) is 0 Å². The molecule has 0 aliphatic rings. The van der Waals surface area contributed by atoms with Crippen LogP contribution in [0.3, 0.4) is 0 Å². The van der Waals surface area contributed by atoms with Crippen LogP contribution in [0.25, 0.3) is 0 Å². The van der Waals surface area contributed by atoms with E-state index >= 15 is 0 Å². The van der Waals surface area contributed by atoms with Crippen molar-refractivity contribution in [2.24, 2.45) is 0 Å². The van der Waals surface area contributed by atoms with Crippen LogP contribution in [0.15, 0.2) is 46.9 Å². The predicted octanol–water partition coefficient (Wildman–Crippen LogP) is 4.15. The number of anilines is 1. The first kappa shape index (κ1) is 12.8. The average molecular weight is 308 g/mol. The summed E-state index contributed by atoms with van der Waals surface area (Å²) in [5.74, 6) is -0.537. The highest BCUT2D eigenvalue weighted by Crippen LogP contribution is 2.18. The first-order valence-corrected chi connectivity index (χ1v) is 6.18. The van der Waals surface area contributed by atoms with Gasteiger partial charge in [-0.1, -0.05) is 15.9 Å². The highest BCUT2D eigenvalue weighted by molar-refractivity contribution is 9.10. The van der Waals surface area contributed by atoms with Crippen LogP contribution in [-0.4, -0.2) is 5.91 Å². The Balaban J connectivity index is 2.16. The topological polar surface area (TPSA) is 29.1 Å². The van der Waals surface area contributed by atoms with E-state index in [1.807, 2.05) is 13.0 Å². The number of amides is 1. The number of hydrogen-bond acceptors (Lipinski definition) is 1. The van der Waals surface area contributed by atoms with E-state index < -0.39 is 0 Å². The molecule has 0 saturated carbocycles. The van der Waals surface area contributed by atoms with E-state index in [0.717, 1.165) is 10.0 Å². The lowest BCUT2D eigenvalue weighted by molar-refractivity contribution is 0.102. The zero-order valence-corrected chi connectivity index (χ0v) is 11.3. The van der Waals surface area contributed by atoms with Gasteiger partial charge in [-0.05, 0) is 55.0 Å². The van der Waals surface area contributed by atoms with E-state index in [0.29, 0.717) is 11.3 Å². The predicted molar refractivity (Wildman–Crippen MR) is 73.2 cm³/mol. The summed E-state index contributed by atoms with van der Waals surface area (Å²) >= 11 is 3.38. The fourth-order valence-corrected chi connectivity index (χ4v) is 1.77. The summed E-state index contributed by atoms with van der Waals surface area (Å²) in [4.78, 5) is 11.9. The van der Waals surface area contributed by atoms with Crippen molar-refractivity contribution in [3.63, 3.8) is 0 Å². The molecule has 0 unspecified atom stereocenters. The van der Waals surface area contributed by atoms with E-state index in [2.05, 4.69) is 21.2 Å². The summed E-state index contributed by atoms with van der Waals surface area (Å²) in [5.41, 5.74) is 2.13. The molecule has 0 radical (unpaired) electrons. The molecular weight excluding hydrogens is 297 g/mol. The summed E-state index contributed by atoms with van der Waals surface area (Å²) < 4.78 is 13.7. The Hall–Kier alpha value is -1.68. The Morgan fingerprint density at radius 1 is 1.17 bits per heavy atom. The molecule has 0 aliphatic carbocycles. The van der Waals surface area contributed by atoms with E-state index in [-0.39, 0.29) is 11.7 Å². The van der Waals surface area contributed by atoms with Gasteiger partial charge in [-0.3, -0.25) is 4.79 Å². The molecule has 2 aromatic rings. The van der Waals surface area contributed by atoms with Crippen LogP contribution in [0.5, 0.6) is 0 Å². The number of carbonyl (C=O) groups is 1. The molecule has 0 aromatic heterocycles. The molecule has 0 heterocycles. The van der Waals surface area contributed by atoms with E-state index in [4.69, 9.17) is 0 Å². The summed E-state index contributed by atoms with van der Waals surface area (Å²) in [7, 11) is 0. The first-order valence-electron chi connectivity index (χ1n) is 5.39. The van der Waals surface area contributed by atoms with Gasteiger partial charge in [-0.15, -0.1) is 0 Å². The molecule has 0 bridgehead atoms. The van der Waals surface area contributed by atoms with Gasteiger partial charge in [0.1, 0.15) is 5.82 Å². The Morgan fingerprint density at radius 2 is 1.83 bits per heavy atom. The quantitative estimate of drug-likeness (QED) is 0.887. The Labute approximate surface area is 113 Å². The SMILES string of the molecule is Cc1cc(C(=O)Nc2ccc(F)cc2)ccc1Br. The van der Waals surface area contributed by atoms with Gasteiger partial charge < -0.3 is 5.32 Å². The minimum Gasteiger partial charge on any atom is -0.322 e. The van der Waals surface area contributed by atoms with Crippen LogP contribution in [0.1, 0.15) is 15.9 Å². The van der Waals surface area contributed by atoms with Crippen molar-refractivity contribution in [1.82, 2.24) is 0 Å². The first-order chi connectivity index (χ1) is 8.56. The van der Waals surface area contributed by atoms with Crippen LogP contribution >= 0.6 is 15.9 Å². The molecule has 0 fully saturated rings. The largest absolute Gasteiger partial charge is 0.322 e. The molecule has 2 nitrogen and oxygen atoms in total. The summed E-state index contributed by atoms with van der Waals surface area (Å²) in [6, 6.07) is 11.0. The van der Waals surface area contributed by atoms with E-state index in [9.17, 15) is 9.18 Å². The van der Waals surface area contributed by atoms with Gasteiger partial charge >= 0.3 is 0 Å². The maximum absolute atomic E-state index is 12.7. The van der Waals surface area contributed by atoms with E-state index in [1.54, 1.807) is 12.1 Å². The maximum Gasteiger partial charge on any atom is 0.255 e. The minimum absolute atomic E-state index is 0.211. The molecule has 2 rings (SSSR count). The normalized spacial score (nSPS) is 10.2. The van der Waals surface area contributed by atoms with Crippen LogP contribution in [0, 0.1) is 12.7 Å². The molecule has 0 spiro atoms. The van der Waals surface area contributed by atoms with E-state index in [1.165, 1.54) is 24.3 Å². The molecule has 4 heteroatoms. The van der Waals surface area contributed by atoms with Gasteiger partial charge in [0, 0.05) is 15.7 Å². The van der Waals surface area contributed by atoms with Gasteiger partial charge in [-0.25, -0.2) is 4.39 Å². The highest BCUT2D eigenvalue weighted by Gasteiger charge is 2.07.